The second-order valence-electron chi connectivity index (χ2n) is 5.24. The van der Waals surface area contributed by atoms with Gasteiger partial charge in [0.2, 0.25) is 0 Å². The molecule has 4 nitrogen and oxygen atoms in total. The summed E-state index contributed by atoms with van der Waals surface area (Å²) in [6.07, 6.45) is 3.10. The number of rotatable bonds is 5. The number of hydrogen-bond acceptors (Lipinski definition) is 3. The molecule has 0 spiro atoms. The fourth-order valence-electron chi connectivity index (χ4n) is 2.09. The molecule has 0 unspecified atom stereocenters. The average Bonchev–Trinajstić information content (AvgIpc) is 3.15. The first-order valence-electron chi connectivity index (χ1n) is 6.40. The molecule has 21 heavy (non-hydrogen) atoms. The summed E-state index contributed by atoms with van der Waals surface area (Å²) < 4.78 is 36.4. The van der Waals surface area contributed by atoms with Crippen LogP contribution in [0.4, 0.5) is 4.39 Å². The van der Waals surface area contributed by atoms with Gasteiger partial charge in [0.15, 0.2) is 0 Å². The molecule has 1 aromatic carbocycles. The molecule has 0 aliphatic heterocycles. The van der Waals surface area contributed by atoms with Crippen molar-refractivity contribution in [1.82, 2.24) is 5.32 Å². The maximum absolute atomic E-state index is 13.6. The van der Waals surface area contributed by atoms with Crippen LogP contribution in [-0.4, -0.2) is 20.9 Å². The molecule has 2 rings (SSSR count). The van der Waals surface area contributed by atoms with Gasteiger partial charge in [-0.3, -0.25) is 4.79 Å². The van der Waals surface area contributed by atoms with Crippen LogP contribution < -0.4 is 5.32 Å². The lowest BCUT2D eigenvalue weighted by molar-refractivity contribution is 0.0943. The zero-order chi connectivity index (χ0) is 15.8. The molecule has 8 heteroatoms. The number of nitrogens with one attached hydrogen (secondary N) is 1. The normalized spacial score (nSPS) is 16.6. The Morgan fingerprint density at radius 2 is 2.10 bits per heavy atom. The van der Waals surface area contributed by atoms with Crippen molar-refractivity contribution in [1.29, 1.82) is 0 Å². The highest BCUT2D eigenvalue weighted by molar-refractivity contribution is 9.10. The van der Waals surface area contributed by atoms with Crippen LogP contribution >= 0.6 is 26.6 Å². The highest BCUT2D eigenvalue weighted by Gasteiger charge is 2.40. The molecule has 1 aliphatic carbocycles. The van der Waals surface area contributed by atoms with Crippen LogP contribution in [0.3, 0.4) is 0 Å². The van der Waals surface area contributed by atoms with Crippen LogP contribution in [0.2, 0.25) is 0 Å². The van der Waals surface area contributed by atoms with Gasteiger partial charge in [-0.1, -0.05) is 6.92 Å². The van der Waals surface area contributed by atoms with E-state index >= 15 is 0 Å². The standard InChI is InChI=1S/C13H14BrClFNO3S/c1-2-13(3-4-13)7-17-12(18)8-5-11(21(15,19)20)10(16)6-9(8)14/h5-6H,2-4,7H2,1H3,(H,17,18). The molecular formula is C13H14BrClFNO3S. The Morgan fingerprint density at radius 3 is 2.57 bits per heavy atom. The summed E-state index contributed by atoms with van der Waals surface area (Å²) in [7, 11) is 0.915. The smallest absolute Gasteiger partial charge is 0.264 e. The van der Waals surface area contributed by atoms with Crippen LogP contribution in [0.5, 0.6) is 0 Å². The minimum Gasteiger partial charge on any atom is -0.351 e. The molecule has 1 fully saturated rings. The molecule has 0 heterocycles. The van der Waals surface area contributed by atoms with Crippen LogP contribution in [0.15, 0.2) is 21.5 Å². The third-order valence-corrected chi connectivity index (χ3v) is 5.85. The number of halogens is 3. The maximum atomic E-state index is 13.6. The number of carbonyl (C=O) groups excluding carboxylic acids is 1. The predicted molar refractivity (Wildman–Crippen MR) is 81.4 cm³/mol. The summed E-state index contributed by atoms with van der Waals surface area (Å²) in [6, 6.07) is 1.87. The zero-order valence-corrected chi connectivity index (χ0v) is 14.4. The second-order valence-corrected chi connectivity index (χ2v) is 8.63. The van der Waals surface area contributed by atoms with E-state index in [1.807, 2.05) is 0 Å². The summed E-state index contributed by atoms with van der Waals surface area (Å²) in [4.78, 5) is 11.4. The SMILES string of the molecule is CCC1(CNC(=O)c2cc(S(=O)(=O)Cl)c(F)cc2Br)CC1. The Labute approximate surface area is 135 Å². The van der Waals surface area contributed by atoms with Gasteiger partial charge in [-0.2, -0.15) is 0 Å². The Hall–Kier alpha value is -0.660. The molecule has 0 atom stereocenters. The molecule has 0 bridgehead atoms. The van der Waals surface area contributed by atoms with Gasteiger partial charge in [-0.15, -0.1) is 0 Å². The lowest BCUT2D eigenvalue weighted by atomic mass is 10.0. The monoisotopic (exact) mass is 397 g/mol. The van der Waals surface area contributed by atoms with Crippen molar-refractivity contribution < 1.29 is 17.6 Å². The van der Waals surface area contributed by atoms with Crippen molar-refractivity contribution in [2.75, 3.05) is 6.54 Å². The highest BCUT2D eigenvalue weighted by atomic mass is 79.9. The largest absolute Gasteiger partial charge is 0.351 e. The summed E-state index contributed by atoms with van der Waals surface area (Å²) in [5.74, 6) is -1.45. The van der Waals surface area contributed by atoms with E-state index in [0.29, 0.717) is 6.54 Å². The topological polar surface area (TPSA) is 63.2 Å². The van der Waals surface area contributed by atoms with Gasteiger partial charge >= 0.3 is 0 Å². The van der Waals surface area contributed by atoms with Crippen molar-refractivity contribution in [2.45, 2.75) is 31.1 Å². The Bertz CT molecular complexity index is 689. The number of benzene rings is 1. The summed E-state index contributed by atoms with van der Waals surface area (Å²) in [6.45, 7) is 2.58. The first kappa shape index (κ1) is 16.7. The molecule has 0 aromatic heterocycles. The lowest BCUT2D eigenvalue weighted by Gasteiger charge is -2.14. The zero-order valence-electron chi connectivity index (χ0n) is 11.3. The number of amides is 1. The van der Waals surface area contributed by atoms with E-state index in [0.717, 1.165) is 31.4 Å². The van der Waals surface area contributed by atoms with Gasteiger partial charge in [0, 0.05) is 21.7 Å². The maximum Gasteiger partial charge on any atom is 0.264 e. The lowest BCUT2D eigenvalue weighted by Crippen LogP contribution is -2.30. The first-order valence-corrected chi connectivity index (χ1v) is 9.51. The van der Waals surface area contributed by atoms with Crippen LogP contribution in [0.1, 0.15) is 36.5 Å². The van der Waals surface area contributed by atoms with Gasteiger partial charge in [-0.05, 0) is 52.7 Å². The van der Waals surface area contributed by atoms with Gasteiger partial charge in [0.05, 0.1) is 5.56 Å². The summed E-state index contributed by atoms with van der Waals surface area (Å²) in [5, 5.41) is 2.76. The average molecular weight is 399 g/mol. The fraction of sp³-hybridized carbons (Fsp3) is 0.462. The first-order chi connectivity index (χ1) is 9.68. The number of carbonyl (C=O) groups is 1. The van der Waals surface area contributed by atoms with E-state index in [-0.39, 0.29) is 15.5 Å². The van der Waals surface area contributed by atoms with Crippen molar-refractivity contribution in [3.8, 4) is 0 Å². The summed E-state index contributed by atoms with van der Waals surface area (Å²) >= 11 is 3.06. The second kappa shape index (κ2) is 5.85. The van der Waals surface area contributed by atoms with E-state index in [9.17, 15) is 17.6 Å². The van der Waals surface area contributed by atoms with Crippen molar-refractivity contribution in [3.63, 3.8) is 0 Å². The quantitative estimate of drug-likeness (QED) is 0.773. The molecule has 0 radical (unpaired) electrons. The predicted octanol–water partition coefficient (Wildman–Crippen LogP) is 3.44. The molecule has 1 N–H and O–H groups in total. The van der Waals surface area contributed by atoms with Crippen LogP contribution in [0.25, 0.3) is 0 Å². The highest BCUT2D eigenvalue weighted by Crippen LogP contribution is 2.47. The van der Waals surface area contributed by atoms with Crippen molar-refractivity contribution in [2.24, 2.45) is 5.41 Å². The number of hydrogen-bond donors (Lipinski definition) is 1. The van der Waals surface area contributed by atoms with Crippen molar-refractivity contribution >= 4 is 41.6 Å². The van der Waals surface area contributed by atoms with E-state index in [2.05, 4.69) is 28.2 Å². The summed E-state index contributed by atoms with van der Waals surface area (Å²) in [5.41, 5.74) is 0.200. The fourth-order valence-corrected chi connectivity index (χ4v) is 3.49. The van der Waals surface area contributed by atoms with Gasteiger partial charge in [0.25, 0.3) is 15.0 Å². The molecule has 1 saturated carbocycles. The van der Waals surface area contributed by atoms with Gasteiger partial charge < -0.3 is 5.32 Å². The third-order valence-electron chi connectivity index (χ3n) is 3.86. The molecule has 0 saturated heterocycles. The molecular weight excluding hydrogens is 385 g/mol. The van der Waals surface area contributed by atoms with E-state index in [1.54, 1.807) is 0 Å². The molecule has 1 aliphatic rings. The third kappa shape index (κ3) is 3.76. The van der Waals surface area contributed by atoms with Gasteiger partial charge in [-0.25, -0.2) is 12.8 Å². The van der Waals surface area contributed by atoms with Crippen LogP contribution in [-0.2, 0) is 9.05 Å². The Balaban J connectivity index is 2.24. The molecule has 1 aromatic rings. The van der Waals surface area contributed by atoms with E-state index in [4.69, 9.17) is 10.7 Å². The van der Waals surface area contributed by atoms with Crippen LogP contribution in [0, 0.1) is 11.2 Å². The van der Waals surface area contributed by atoms with E-state index < -0.39 is 25.7 Å². The minimum atomic E-state index is -4.25. The van der Waals surface area contributed by atoms with Gasteiger partial charge in [0.1, 0.15) is 10.7 Å². The molecule has 1 amide bonds. The Kier molecular flexibility index (Phi) is 4.66. The van der Waals surface area contributed by atoms with E-state index in [1.165, 1.54) is 0 Å². The minimum absolute atomic E-state index is 0.0440. The van der Waals surface area contributed by atoms with Crippen molar-refractivity contribution in [3.05, 3.63) is 28.0 Å². The molecule has 116 valence electrons. The Morgan fingerprint density at radius 1 is 1.48 bits per heavy atom.